The highest BCUT2D eigenvalue weighted by atomic mass is 16.6. The Morgan fingerprint density at radius 3 is 2.65 bits per heavy atom. The Balaban J connectivity index is 1.86. The first-order chi connectivity index (χ1) is 12.2. The monoisotopic (exact) mass is 362 g/mol. The molecule has 1 saturated carbocycles. The average Bonchev–Trinajstić information content (AvgIpc) is 3.37. The van der Waals surface area contributed by atoms with Gasteiger partial charge >= 0.3 is 5.69 Å². The molecule has 0 bridgehead atoms. The fourth-order valence-corrected chi connectivity index (χ4v) is 3.06. The number of nitrogens with zero attached hydrogens (tertiary/aromatic N) is 4. The summed E-state index contributed by atoms with van der Waals surface area (Å²) < 4.78 is 0. The average molecular weight is 362 g/mol. The van der Waals surface area contributed by atoms with Gasteiger partial charge in [-0.3, -0.25) is 14.9 Å². The van der Waals surface area contributed by atoms with Crippen LogP contribution in [-0.4, -0.2) is 45.0 Å². The topological polar surface area (TPSA) is 113 Å². The fraction of sp³-hybridized carbons (Fsp3) is 0.706. The molecular formula is C17H26N6O3. The van der Waals surface area contributed by atoms with Crippen molar-refractivity contribution in [2.75, 3.05) is 16.8 Å². The Labute approximate surface area is 152 Å². The normalized spacial score (nSPS) is 20.6. The molecule has 2 heterocycles. The summed E-state index contributed by atoms with van der Waals surface area (Å²) in [4.78, 5) is 34.0. The highest BCUT2D eigenvalue weighted by Gasteiger charge is 2.34. The molecule has 1 amide bonds. The van der Waals surface area contributed by atoms with Gasteiger partial charge in [0.1, 0.15) is 12.2 Å². The summed E-state index contributed by atoms with van der Waals surface area (Å²) in [6, 6.07) is -0.129. The Hall–Kier alpha value is -2.45. The maximum Gasteiger partial charge on any atom is 0.329 e. The van der Waals surface area contributed by atoms with Crippen LogP contribution in [0.2, 0.25) is 0 Å². The van der Waals surface area contributed by atoms with Gasteiger partial charge in [0.2, 0.25) is 17.7 Å². The third-order valence-electron chi connectivity index (χ3n) is 4.43. The molecule has 1 aromatic rings. The molecule has 2 N–H and O–H groups in total. The molecule has 0 unspecified atom stereocenters. The Bertz CT molecular complexity index is 698. The Morgan fingerprint density at radius 2 is 2.04 bits per heavy atom. The maximum absolute atomic E-state index is 12.7. The van der Waals surface area contributed by atoms with Crippen molar-refractivity contribution >= 4 is 23.4 Å². The van der Waals surface area contributed by atoms with Crippen molar-refractivity contribution in [3.05, 3.63) is 16.3 Å². The van der Waals surface area contributed by atoms with Gasteiger partial charge in [0, 0.05) is 18.1 Å². The standard InChI is InChI=1S/C17H26N6O3/c1-17(2,3)21-15(24)12-6-4-5-9-22(12)16-18-10-13(23(25)26)14(20-16)19-11-7-8-11/h10-12H,4-9H2,1-3H3,(H,21,24)(H,18,19,20)/t12-/m0/s1. The van der Waals surface area contributed by atoms with E-state index in [1.807, 2.05) is 25.7 Å². The SMILES string of the molecule is CC(C)(C)NC(=O)[C@@H]1CCCCN1c1ncc([N+](=O)[O-])c(NC2CC2)n1. The highest BCUT2D eigenvalue weighted by molar-refractivity contribution is 5.85. The number of carbonyl (C=O) groups excluding carboxylic acids is 1. The van der Waals surface area contributed by atoms with E-state index in [1.165, 1.54) is 6.20 Å². The van der Waals surface area contributed by atoms with Crippen LogP contribution in [0.3, 0.4) is 0 Å². The molecule has 142 valence electrons. The summed E-state index contributed by atoms with van der Waals surface area (Å²) in [5.41, 5.74) is -0.455. The molecule has 1 atom stereocenters. The maximum atomic E-state index is 12.7. The quantitative estimate of drug-likeness (QED) is 0.610. The predicted molar refractivity (Wildman–Crippen MR) is 98.2 cm³/mol. The molecule has 1 saturated heterocycles. The molecule has 2 aliphatic rings. The number of piperidine rings is 1. The minimum absolute atomic E-state index is 0.0594. The number of carbonyl (C=O) groups is 1. The van der Waals surface area contributed by atoms with E-state index in [9.17, 15) is 14.9 Å². The van der Waals surface area contributed by atoms with Gasteiger partial charge in [0.25, 0.3) is 0 Å². The molecule has 0 radical (unpaired) electrons. The van der Waals surface area contributed by atoms with Crippen molar-refractivity contribution in [1.82, 2.24) is 15.3 Å². The van der Waals surface area contributed by atoms with E-state index in [0.717, 1.165) is 25.7 Å². The number of hydrogen-bond acceptors (Lipinski definition) is 7. The second-order valence-electron chi connectivity index (χ2n) is 8.02. The van der Waals surface area contributed by atoms with Crippen molar-refractivity contribution in [3.63, 3.8) is 0 Å². The van der Waals surface area contributed by atoms with Gasteiger partial charge in [-0.2, -0.15) is 4.98 Å². The Kier molecular flexibility index (Phi) is 4.97. The van der Waals surface area contributed by atoms with Crippen LogP contribution in [0.25, 0.3) is 0 Å². The van der Waals surface area contributed by atoms with Crippen molar-refractivity contribution in [2.24, 2.45) is 0 Å². The minimum Gasteiger partial charge on any atom is -0.361 e. The van der Waals surface area contributed by atoms with Crippen LogP contribution in [0.15, 0.2) is 6.20 Å². The van der Waals surface area contributed by atoms with Crippen LogP contribution >= 0.6 is 0 Å². The van der Waals surface area contributed by atoms with Gasteiger partial charge in [-0.25, -0.2) is 4.98 Å². The summed E-state index contributed by atoms with van der Waals surface area (Å²) in [5.74, 6) is 0.548. The summed E-state index contributed by atoms with van der Waals surface area (Å²) in [6.07, 6.45) is 5.81. The smallest absolute Gasteiger partial charge is 0.329 e. The Morgan fingerprint density at radius 1 is 1.31 bits per heavy atom. The number of nitrogens with one attached hydrogen (secondary N) is 2. The first-order valence-electron chi connectivity index (χ1n) is 9.11. The van der Waals surface area contributed by atoms with Gasteiger partial charge < -0.3 is 15.5 Å². The first-order valence-corrected chi connectivity index (χ1v) is 9.11. The molecule has 9 heteroatoms. The van der Waals surface area contributed by atoms with E-state index in [2.05, 4.69) is 20.6 Å². The zero-order valence-corrected chi connectivity index (χ0v) is 15.5. The number of rotatable bonds is 5. The summed E-state index contributed by atoms with van der Waals surface area (Å²) in [6.45, 7) is 6.48. The number of anilines is 2. The molecule has 3 rings (SSSR count). The fourth-order valence-electron chi connectivity index (χ4n) is 3.06. The molecule has 1 aliphatic carbocycles. The highest BCUT2D eigenvalue weighted by Crippen LogP contribution is 2.31. The molecule has 2 fully saturated rings. The van der Waals surface area contributed by atoms with Crippen LogP contribution < -0.4 is 15.5 Å². The second-order valence-corrected chi connectivity index (χ2v) is 8.02. The van der Waals surface area contributed by atoms with Crippen molar-refractivity contribution in [3.8, 4) is 0 Å². The molecule has 26 heavy (non-hydrogen) atoms. The number of amides is 1. The van der Waals surface area contributed by atoms with E-state index in [1.54, 1.807) is 0 Å². The zero-order valence-electron chi connectivity index (χ0n) is 15.5. The van der Waals surface area contributed by atoms with Crippen LogP contribution in [-0.2, 0) is 4.79 Å². The van der Waals surface area contributed by atoms with E-state index < -0.39 is 4.92 Å². The van der Waals surface area contributed by atoms with E-state index in [-0.39, 0.29) is 35.0 Å². The van der Waals surface area contributed by atoms with Gasteiger partial charge in [-0.1, -0.05) is 0 Å². The summed E-state index contributed by atoms with van der Waals surface area (Å²) >= 11 is 0. The predicted octanol–water partition coefficient (Wildman–Crippen LogP) is 2.23. The van der Waals surface area contributed by atoms with Gasteiger partial charge in [0.05, 0.1) is 4.92 Å². The van der Waals surface area contributed by atoms with Crippen molar-refractivity contribution in [1.29, 1.82) is 0 Å². The largest absolute Gasteiger partial charge is 0.361 e. The second kappa shape index (κ2) is 7.05. The summed E-state index contributed by atoms with van der Waals surface area (Å²) in [7, 11) is 0. The molecule has 9 nitrogen and oxygen atoms in total. The van der Waals surface area contributed by atoms with Crippen LogP contribution in [0.5, 0.6) is 0 Å². The molecule has 0 spiro atoms. The van der Waals surface area contributed by atoms with Crippen LogP contribution in [0.1, 0.15) is 52.9 Å². The molecule has 0 aromatic carbocycles. The lowest BCUT2D eigenvalue weighted by molar-refractivity contribution is -0.384. The van der Waals surface area contributed by atoms with Gasteiger partial charge in [-0.05, 0) is 52.9 Å². The third kappa shape index (κ3) is 4.39. The van der Waals surface area contributed by atoms with Crippen LogP contribution in [0.4, 0.5) is 17.5 Å². The van der Waals surface area contributed by atoms with Crippen LogP contribution in [0, 0.1) is 10.1 Å². The summed E-state index contributed by atoms with van der Waals surface area (Å²) in [5, 5.41) is 17.4. The number of aromatic nitrogens is 2. The lowest BCUT2D eigenvalue weighted by Crippen LogP contribution is -2.54. The van der Waals surface area contributed by atoms with Crippen molar-refractivity contribution in [2.45, 2.75) is 70.5 Å². The lowest BCUT2D eigenvalue weighted by atomic mass is 10.00. The molecular weight excluding hydrogens is 336 g/mol. The third-order valence-corrected chi connectivity index (χ3v) is 4.43. The molecule has 1 aliphatic heterocycles. The van der Waals surface area contributed by atoms with E-state index in [4.69, 9.17) is 0 Å². The van der Waals surface area contributed by atoms with Gasteiger partial charge in [0.15, 0.2) is 0 Å². The first kappa shape index (κ1) is 18.3. The minimum atomic E-state index is -0.478. The number of hydrogen-bond donors (Lipinski definition) is 2. The number of nitro groups is 1. The van der Waals surface area contributed by atoms with E-state index in [0.29, 0.717) is 18.9 Å². The molecule has 1 aromatic heterocycles. The van der Waals surface area contributed by atoms with Gasteiger partial charge in [-0.15, -0.1) is 0 Å². The lowest BCUT2D eigenvalue weighted by Gasteiger charge is -2.36. The van der Waals surface area contributed by atoms with E-state index >= 15 is 0 Å². The zero-order chi connectivity index (χ0) is 18.9. The van der Waals surface area contributed by atoms with Crippen molar-refractivity contribution < 1.29 is 9.72 Å².